The molecule has 0 fully saturated rings. The van der Waals surface area contributed by atoms with Gasteiger partial charge in [0.1, 0.15) is 0 Å². The second kappa shape index (κ2) is 6.83. The highest BCUT2D eigenvalue weighted by atomic mass is 19.1. The van der Waals surface area contributed by atoms with E-state index >= 15 is 0 Å². The van der Waals surface area contributed by atoms with Gasteiger partial charge in [0.2, 0.25) is 0 Å². The van der Waals surface area contributed by atoms with Crippen molar-refractivity contribution in [3.8, 4) is 5.75 Å². The maximum atomic E-state index is 13.6. The van der Waals surface area contributed by atoms with E-state index in [-0.39, 0.29) is 6.61 Å². The van der Waals surface area contributed by atoms with Crippen LogP contribution in [0.1, 0.15) is 22.3 Å². The number of aryl methyl sites for hydroxylation is 1. The van der Waals surface area contributed by atoms with Crippen molar-refractivity contribution in [1.29, 1.82) is 0 Å². The average Bonchev–Trinajstić information content (AvgIpc) is 2.46. The number of halogens is 2. The first-order valence-electron chi connectivity index (χ1n) is 6.47. The van der Waals surface area contributed by atoms with E-state index < -0.39 is 28.9 Å². The number of carbonyl (C=O) groups is 1. The Labute approximate surface area is 120 Å². The number of benzene rings is 2. The van der Waals surface area contributed by atoms with Gasteiger partial charge in [-0.05, 0) is 30.5 Å². The van der Waals surface area contributed by atoms with Gasteiger partial charge in [-0.15, -0.1) is 0 Å². The molecule has 2 aromatic carbocycles. The summed E-state index contributed by atoms with van der Waals surface area (Å²) < 4.78 is 32.3. The molecule has 110 valence electrons. The normalized spacial score (nSPS) is 10.4. The summed E-state index contributed by atoms with van der Waals surface area (Å²) in [7, 11) is 0. The smallest absolute Gasteiger partial charge is 0.335 e. The van der Waals surface area contributed by atoms with Crippen LogP contribution in [0.5, 0.6) is 5.75 Å². The molecule has 0 radical (unpaired) electrons. The van der Waals surface area contributed by atoms with Gasteiger partial charge in [0.25, 0.3) is 0 Å². The highest BCUT2D eigenvalue weighted by molar-refractivity contribution is 5.87. The molecular weight excluding hydrogens is 278 g/mol. The lowest BCUT2D eigenvalue weighted by atomic mass is 10.1. The molecule has 0 bridgehead atoms. The molecule has 21 heavy (non-hydrogen) atoms. The number of aromatic carboxylic acids is 1. The molecule has 0 aliphatic rings. The number of hydrogen-bond donors (Lipinski definition) is 1. The number of carboxylic acids is 1. The molecule has 0 atom stereocenters. The number of hydrogen-bond acceptors (Lipinski definition) is 2. The topological polar surface area (TPSA) is 46.5 Å². The fraction of sp³-hybridized carbons (Fsp3) is 0.188. The van der Waals surface area contributed by atoms with Crippen LogP contribution in [-0.4, -0.2) is 17.7 Å². The zero-order chi connectivity index (χ0) is 15.2. The van der Waals surface area contributed by atoms with Crippen LogP contribution in [0, 0.1) is 11.6 Å². The fourth-order valence-electron chi connectivity index (χ4n) is 1.92. The zero-order valence-corrected chi connectivity index (χ0v) is 11.2. The monoisotopic (exact) mass is 292 g/mol. The second-order valence-corrected chi connectivity index (χ2v) is 4.51. The van der Waals surface area contributed by atoms with Gasteiger partial charge in [0.05, 0.1) is 12.2 Å². The van der Waals surface area contributed by atoms with Crippen LogP contribution in [-0.2, 0) is 6.42 Å². The summed E-state index contributed by atoms with van der Waals surface area (Å²) in [4.78, 5) is 10.7. The number of carboxylic acid groups (broad SMARTS) is 1. The SMILES string of the molecule is O=C(O)c1cc(F)c(OCCCc2ccccc2)c(F)c1. The van der Waals surface area contributed by atoms with Gasteiger partial charge in [-0.1, -0.05) is 30.3 Å². The summed E-state index contributed by atoms with van der Waals surface area (Å²) >= 11 is 0. The molecule has 3 nitrogen and oxygen atoms in total. The molecule has 0 amide bonds. The van der Waals surface area contributed by atoms with Crippen molar-refractivity contribution in [1.82, 2.24) is 0 Å². The van der Waals surface area contributed by atoms with Crippen molar-refractivity contribution >= 4 is 5.97 Å². The Balaban J connectivity index is 1.93. The van der Waals surface area contributed by atoms with E-state index in [1.807, 2.05) is 30.3 Å². The second-order valence-electron chi connectivity index (χ2n) is 4.51. The molecule has 0 aromatic heterocycles. The van der Waals surface area contributed by atoms with E-state index in [9.17, 15) is 13.6 Å². The van der Waals surface area contributed by atoms with Crippen LogP contribution in [0.15, 0.2) is 42.5 Å². The molecule has 0 unspecified atom stereocenters. The molecule has 2 rings (SSSR count). The Kier molecular flexibility index (Phi) is 4.87. The van der Waals surface area contributed by atoms with Gasteiger partial charge in [-0.3, -0.25) is 0 Å². The van der Waals surface area contributed by atoms with Crippen molar-refractivity contribution in [2.45, 2.75) is 12.8 Å². The molecule has 0 heterocycles. The molecule has 0 spiro atoms. The number of rotatable bonds is 6. The largest absolute Gasteiger partial charge is 0.488 e. The van der Waals surface area contributed by atoms with Gasteiger partial charge in [-0.25, -0.2) is 13.6 Å². The molecule has 0 saturated heterocycles. The maximum absolute atomic E-state index is 13.6. The minimum atomic E-state index is -1.39. The van der Waals surface area contributed by atoms with Crippen molar-refractivity contribution in [3.05, 3.63) is 65.2 Å². The first-order chi connectivity index (χ1) is 10.1. The molecule has 0 aliphatic carbocycles. The van der Waals surface area contributed by atoms with E-state index in [1.165, 1.54) is 0 Å². The summed E-state index contributed by atoms with van der Waals surface area (Å²) in [5.74, 6) is -3.93. The van der Waals surface area contributed by atoms with Gasteiger partial charge < -0.3 is 9.84 Å². The first-order valence-corrected chi connectivity index (χ1v) is 6.47. The Morgan fingerprint density at radius 2 is 1.71 bits per heavy atom. The van der Waals surface area contributed by atoms with Crippen molar-refractivity contribution in [3.63, 3.8) is 0 Å². The lowest BCUT2D eigenvalue weighted by Crippen LogP contribution is -2.05. The summed E-state index contributed by atoms with van der Waals surface area (Å²) in [5, 5.41) is 8.69. The number of ether oxygens (including phenoxy) is 1. The minimum Gasteiger partial charge on any atom is -0.488 e. The third-order valence-corrected chi connectivity index (χ3v) is 2.94. The first kappa shape index (κ1) is 15.0. The van der Waals surface area contributed by atoms with Crippen LogP contribution in [0.2, 0.25) is 0 Å². The predicted molar refractivity (Wildman–Crippen MR) is 73.6 cm³/mol. The van der Waals surface area contributed by atoms with E-state index in [0.717, 1.165) is 24.1 Å². The Hall–Kier alpha value is -2.43. The third-order valence-electron chi connectivity index (χ3n) is 2.94. The zero-order valence-electron chi connectivity index (χ0n) is 11.2. The lowest BCUT2D eigenvalue weighted by molar-refractivity contribution is 0.0695. The fourth-order valence-corrected chi connectivity index (χ4v) is 1.92. The predicted octanol–water partition coefficient (Wildman–Crippen LogP) is 3.67. The molecule has 0 saturated carbocycles. The Bertz CT molecular complexity index is 604. The van der Waals surface area contributed by atoms with Crippen LogP contribution in [0.4, 0.5) is 8.78 Å². The summed E-state index contributed by atoms with van der Waals surface area (Å²) in [6.45, 7) is 0.148. The molecule has 2 aromatic rings. The van der Waals surface area contributed by atoms with Crippen LogP contribution in [0.25, 0.3) is 0 Å². The van der Waals surface area contributed by atoms with Gasteiger partial charge in [0.15, 0.2) is 17.4 Å². The summed E-state index contributed by atoms with van der Waals surface area (Å²) in [5.41, 5.74) is 0.671. The van der Waals surface area contributed by atoms with E-state index in [0.29, 0.717) is 6.42 Å². The highest BCUT2D eigenvalue weighted by Crippen LogP contribution is 2.23. The summed E-state index contributed by atoms with van der Waals surface area (Å²) in [6.07, 6.45) is 1.33. The molecule has 1 N–H and O–H groups in total. The van der Waals surface area contributed by atoms with Crippen molar-refractivity contribution in [2.75, 3.05) is 6.61 Å². The quantitative estimate of drug-likeness (QED) is 0.826. The van der Waals surface area contributed by atoms with Crippen LogP contribution >= 0.6 is 0 Å². The maximum Gasteiger partial charge on any atom is 0.335 e. The van der Waals surface area contributed by atoms with E-state index in [1.54, 1.807) is 0 Å². The Morgan fingerprint density at radius 1 is 1.10 bits per heavy atom. The molecule has 5 heteroatoms. The van der Waals surface area contributed by atoms with Crippen molar-refractivity contribution < 1.29 is 23.4 Å². The Morgan fingerprint density at radius 3 is 2.29 bits per heavy atom. The minimum absolute atomic E-state index is 0.148. The highest BCUT2D eigenvalue weighted by Gasteiger charge is 2.15. The standard InChI is InChI=1S/C16H14F2O3/c17-13-9-12(16(19)20)10-14(18)15(13)21-8-4-7-11-5-2-1-3-6-11/h1-3,5-6,9-10H,4,7-8H2,(H,19,20). The van der Waals surface area contributed by atoms with Gasteiger partial charge in [0, 0.05) is 0 Å². The van der Waals surface area contributed by atoms with E-state index in [4.69, 9.17) is 9.84 Å². The summed E-state index contributed by atoms with van der Waals surface area (Å²) in [6, 6.07) is 11.2. The van der Waals surface area contributed by atoms with Crippen molar-refractivity contribution in [2.24, 2.45) is 0 Å². The van der Waals surface area contributed by atoms with Crippen LogP contribution in [0.3, 0.4) is 0 Å². The average molecular weight is 292 g/mol. The van der Waals surface area contributed by atoms with Crippen LogP contribution < -0.4 is 4.74 Å². The molecular formula is C16H14F2O3. The van der Waals surface area contributed by atoms with E-state index in [2.05, 4.69) is 0 Å². The van der Waals surface area contributed by atoms with Gasteiger partial charge >= 0.3 is 5.97 Å². The van der Waals surface area contributed by atoms with Gasteiger partial charge in [-0.2, -0.15) is 0 Å². The lowest BCUT2D eigenvalue weighted by Gasteiger charge is -2.09. The molecule has 0 aliphatic heterocycles. The third kappa shape index (κ3) is 4.02.